The molecule has 5 rings (SSSR count). The van der Waals surface area contributed by atoms with Crippen molar-refractivity contribution in [1.29, 1.82) is 0 Å². The number of thiazole rings is 1. The number of likely N-dealkylation sites (tertiary alicyclic amines) is 1. The van der Waals surface area contributed by atoms with Crippen molar-refractivity contribution in [3.8, 4) is 5.88 Å². The molecule has 1 aliphatic rings. The van der Waals surface area contributed by atoms with Crippen LogP contribution in [-0.2, 0) is 0 Å². The number of hydrogen-bond acceptors (Lipinski definition) is 7. The highest BCUT2D eigenvalue weighted by Crippen LogP contribution is 2.35. The summed E-state index contributed by atoms with van der Waals surface area (Å²) >= 11 is 7.15. The number of fused-ring (bicyclic) bond motifs is 1. The molecule has 1 aliphatic heterocycles. The molecule has 1 atom stereocenters. The third-order valence-electron chi connectivity index (χ3n) is 6.61. The number of carbonyl (C=O) groups excluding carboxylic acids is 1. The first-order chi connectivity index (χ1) is 18.4. The number of benzene rings is 1. The van der Waals surface area contributed by atoms with Crippen molar-refractivity contribution in [3.63, 3.8) is 0 Å². The third kappa shape index (κ3) is 5.62. The molecule has 0 radical (unpaired) electrons. The van der Waals surface area contributed by atoms with Crippen molar-refractivity contribution in [3.05, 3.63) is 75.3 Å². The Hall–Kier alpha value is -3.22. The summed E-state index contributed by atoms with van der Waals surface area (Å²) in [6.07, 6.45) is 3.81. The molecule has 0 saturated carbocycles. The second kappa shape index (κ2) is 11.7. The monoisotopic (exact) mass is 564 g/mol. The van der Waals surface area contributed by atoms with Gasteiger partial charge in [-0.1, -0.05) is 17.7 Å². The first kappa shape index (κ1) is 26.4. The van der Waals surface area contributed by atoms with Crippen LogP contribution in [0.25, 0.3) is 5.52 Å². The van der Waals surface area contributed by atoms with Crippen LogP contribution in [0, 0.1) is 11.7 Å². The summed E-state index contributed by atoms with van der Waals surface area (Å²) in [5, 5.41) is 6.85. The number of aromatic nitrogens is 4. The number of alkyl halides is 2. The summed E-state index contributed by atoms with van der Waals surface area (Å²) in [5.41, 5.74) is 1.58. The summed E-state index contributed by atoms with van der Waals surface area (Å²) < 4.78 is 49.3. The first-order valence-electron chi connectivity index (χ1n) is 12.0. The minimum Gasteiger partial charge on any atom is -0.476 e. The lowest BCUT2D eigenvalue weighted by atomic mass is 9.96. The average molecular weight is 565 g/mol. The van der Waals surface area contributed by atoms with Crippen molar-refractivity contribution in [2.45, 2.75) is 25.3 Å². The molecule has 1 amide bonds. The zero-order valence-corrected chi connectivity index (χ0v) is 21.6. The summed E-state index contributed by atoms with van der Waals surface area (Å²) in [7, 11) is 0. The zero-order chi connectivity index (χ0) is 26.6. The molecule has 0 spiro atoms. The highest BCUT2D eigenvalue weighted by atomic mass is 35.5. The predicted octanol–water partition coefficient (Wildman–Crippen LogP) is 5.18. The molecule has 1 aromatic carbocycles. The van der Waals surface area contributed by atoms with E-state index in [1.54, 1.807) is 23.1 Å². The largest absolute Gasteiger partial charge is 0.476 e. The van der Waals surface area contributed by atoms with E-state index in [-0.39, 0.29) is 28.7 Å². The van der Waals surface area contributed by atoms with Gasteiger partial charge in [0.2, 0.25) is 5.88 Å². The number of nitrogens with one attached hydrogen (secondary N) is 1. The van der Waals surface area contributed by atoms with Gasteiger partial charge in [0.05, 0.1) is 39.8 Å². The van der Waals surface area contributed by atoms with Gasteiger partial charge in [0.1, 0.15) is 17.0 Å². The minimum absolute atomic E-state index is 0.000291. The van der Waals surface area contributed by atoms with E-state index in [2.05, 4.69) is 25.3 Å². The van der Waals surface area contributed by atoms with Gasteiger partial charge in [0, 0.05) is 18.9 Å². The Kier molecular flexibility index (Phi) is 8.10. The highest BCUT2D eigenvalue weighted by molar-refractivity contribution is 7.09. The molecule has 1 N–H and O–H groups in total. The van der Waals surface area contributed by atoms with Crippen molar-refractivity contribution in [1.82, 2.24) is 29.8 Å². The Labute approximate surface area is 225 Å². The van der Waals surface area contributed by atoms with Gasteiger partial charge in [0.25, 0.3) is 12.3 Å². The quantitative estimate of drug-likeness (QED) is 0.302. The van der Waals surface area contributed by atoms with Gasteiger partial charge in [-0.3, -0.25) is 9.69 Å². The fourth-order valence-electron chi connectivity index (χ4n) is 4.63. The first-order valence-corrected chi connectivity index (χ1v) is 13.3. The van der Waals surface area contributed by atoms with Crippen LogP contribution in [-0.4, -0.2) is 56.6 Å². The summed E-state index contributed by atoms with van der Waals surface area (Å²) in [5.74, 6) is -0.712. The smallest absolute Gasteiger partial charge is 0.281 e. The van der Waals surface area contributed by atoms with E-state index in [0.717, 1.165) is 35.8 Å². The summed E-state index contributed by atoms with van der Waals surface area (Å²) in [6.45, 7) is 1.65. The van der Waals surface area contributed by atoms with Crippen molar-refractivity contribution in [2.75, 3.05) is 26.2 Å². The molecule has 200 valence electrons. The Balaban J connectivity index is 1.26. The second-order valence-electron chi connectivity index (χ2n) is 8.91. The summed E-state index contributed by atoms with van der Waals surface area (Å²) in [6, 6.07) is 5.25. The van der Waals surface area contributed by atoms with Gasteiger partial charge in [-0.25, -0.2) is 27.7 Å². The lowest BCUT2D eigenvalue weighted by Crippen LogP contribution is -2.43. The molecule has 38 heavy (non-hydrogen) atoms. The lowest BCUT2D eigenvalue weighted by molar-refractivity contribution is 0.0868. The number of rotatable bonds is 9. The van der Waals surface area contributed by atoms with Crippen LogP contribution in [0.2, 0.25) is 5.02 Å². The van der Waals surface area contributed by atoms with Crippen LogP contribution in [0.5, 0.6) is 5.88 Å². The number of carbonyl (C=O) groups is 1. The number of halogens is 4. The van der Waals surface area contributed by atoms with Crippen molar-refractivity contribution < 1.29 is 22.7 Å². The molecule has 1 fully saturated rings. The Morgan fingerprint density at radius 1 is 1.21 bits per heavy atom. The fraction of sp³-hybridized carbons (Fsp3) is 0.360. The Morgan fingerprint density at radius 2 is 2.03 bits per heavy atom. The molecule has 13 heteroatoms. The zero-order valence-electron chi connectivity index (χ0n) is 20.1. The maximum atomic E-state index is 14.2. The molecule has 3 aromatic heterocycles. The molecule has 4 heterocycles. The lowest BCUT2D eigenvalue weighted by Gasteiger charge is -2.37. The van der Waals surface area contributed by atoms with Gasteiger partial charge in [-0.15, -0.1) is 11.3 Å². The van der Waals surface area contributed by atoms with E-state index >= 15 is 0 Å². The number of piperidine rings is 1. The molecular weight excluding hydrogens is 541 g/mol. The van der Waals surface area contributed by atoms with Crippen LogP contribution in [0.15, 0.2) is 48.4 Å². The number of nitrogens with zero attached hydrogens (tertiary/aromatic N) is 5. The van der Waals surface area contributed by atoms with E-state index in [0.29, 0.717) is 30.5 Å². The van der Waals surface area contributed by atoms with Crippen LogP contribution in [0.4, 0.5) is 13.2 Å². The van der Waals surface area contributed by atoms with Crippen molar-refractivity contribution >= 4 is 34.4 Å². The predicted molar refractivity (Wildman–Crippen MR) is 136 cm³/mol. The number of hydrogen-bond donors (Lipinski definition) is 1. The number of ether oxygens (including phenoxy) is 1. The third-order valence-corrected chi connectivity index (χ3v) is 7.87. The number of amides is 1. The van der Waals surface area contributed by atoms with E-state index in [1.807, 2.05) is 6.07 Å². The molecular formula is C25H24ClF3N6O2S. The topological polar surface area (TPSA) is 84.7 Å². The highest BCUT2D eigenvalue weighted by Gasteiger charge is 2.32. The Bertz CT molecular complexity index is 1390. The second-order valence-corrected chi connectivity index (χ2v) is 10.2. The maximum Gasteiger partial charge on any atom is 0.281 e. The standard InChI is InChI=1S/C25H24ClF3N6O2S/c26-16-2-1-3-17(27)20(16)24(36)31-12-19(22-21(23(28)29)32-14-38-22)34-9-5-15(6-10-34)13-37-25-18-4-7-33-35(18)11-8-30-25/h1-4,7-8,11,14-15,19,23H,5-6,9-10,12-13H2,(H,31,36). The molecule has 0 bridgehead atoms. The van der Waals surface area contributed by atoms with Gasteiger partial charge >= 0.3 is 0 Å². The van der Waals surface area contributed by atoms with Gasteiger partial charge in [-0.05, 0) is 50.0 Å². The van der Waals surface area contributed by atoms with Crippen LogP contribution >= 0.6 is 22.9 Å². The molecule has 0 aliphatic carbocycles. The average Bonchev–Trinajstić information content (AvgIpc) is 3.59. The molecule has 1 unspecified atom stereocenters. The molecule has 1 saturated heterocycles. The van der Waals surface area contributed by atoms with Gasteiger partial charge in [-0.2, -0.15) is 5.10 Å². The Morgan fingerprint density at radius 3 is 2.79 bits per heavy atom. The van der Waals surface area contributed by atoms with Gasteiger partial charge < -0.3 is 10.1 Å². The van der Waals surface area contributed by atoms with Gasteiger partial charge in [0.15, 0.2) is 0 Å². The van der Waals surface area contributed by atoms with E-state index in [9.17, 15) is 18.0 Å². The summed E-state index contributed by atoms with van der Waals surface area (Å²) in [4.78, 5) is 23.4. The van der Waals surface area contributed by atoms with E-state index < -0.39 is 24.2 Å². The van der Waals surface area contributed by atoms with Crippen LogP contribution in [0.3, 0.4) is 0 Å². The van der Waals surface area contributed by atoms with Crippen LogP contribution < -0.4 is 10.1 Å². The normalized spacial score (nSPS) is 15.7. The van der Waals surface area contributed by atoms with E-state index in [1.165, 1.54) is 17.6 Å². The molecule has 4 aromatic rings. The maximum absolute atomic E-state index is 14.2. The van der Waals surface area contributed by atoms with E-state index in [4.69, 9.17) is 16.3 Å². The fourth-order valence-corrected chi connectivity index (χ4v) is 5.81. The van der Waals surface area contributed by atoms with Crippen LogP contribution in [0.1, 0.15) is 46.2 Å². The van der Waals surface area contributed by atoms with Crippen molar-refractivity contribution in [2.24, 2.45) is 5.92 Å². The SMILES string of the molecule is O=C(NCC(c1scnc1C(F)F)N1CCC(COc2nccn3nccc23)CC1)c1c(F)cccc1Cl. The minimum atomic E-state index is -2.75. The molecule has 8 nitrogen and oxygen atoms in total.